The van der Waals surface area contributed by atoms with Gasteiger partial charge in [0, 0.05) is 30.5 Å². The summed E-state index contributed by atoms with van der Waals surface area (Å²) in [7, 11) is 0. The van der Waals surface area contributed by atoms with Gasteiger partial charge in [0.2, 0.25) is 0 Å². The van der Waals surface area contributed by atoms with Crippen molar-refractivity contribution in [1.82, 2.24) is 10.2 Å². The van der Waals surface area contributed by atoms with E-state index in [4.69, 9.17) is 16.3 Å². The van der Waals surface area contributed by atoms with E-state index in [1.165, 1.54) is 0 Å². The number of carboxylic acids is 1. The van der Waals surface area contributed by atoms with E-state index in [1.54, 1.807) is 4.90 Å². The lowest BCUT2D eigenvalue weighted by molar-refractivity contribution is -0.146. The van der Waals surface area contributed by atoms with Crippen LogP contribution in [0.15, 0.2) is 30.0 Å². The van der Waals surface area contributed by atoms with E-state index in [-0.39, 0.29) is 29.3 Å². The molecule has 1 aromatic carbocycles. The normalized spacial score (nSPS) is 28.2. The maximum Gasteiger partial charge on any atom is 0.322 e. The number of ether oxygens (including phenoxy) is 1. The third-order valence-corrected chi connectivity index (χ3v) is 8.09. The van der Waals surface area contributed by atoms with Crippen LogP contribution in [0.3, 0.4) is 0 Å². The van der Waals surface area contributed by atoms with E-state index in [0.717, 1.165) is 47.4 Å². The Bertz CT molecular complexity index is 973. The maximum atomic E-state index is 13.3. The first-order valence-electron chi connectivity index (χ1n) is 12.4. The van der Waals surface area contributed by atoms with E-state index in [2.05, 4.69) is 45.1 Å². The molecule has 0 bridgehead atoms. The molecule has 3 aliphatic rings. The maximum absolute atomic E-state index is 13.3. The van der Waals surface area contributed by atoms with Gasteiger partial charge in [-0.05, 0) is 79.5 Å². The van der Waals surface area contributed by atoms with Crippen molar-refractivity contribution >= 4 is 23.6 Å². The monoisotopic (exact) mass is 488 g/mol. The number of rotatable bonds is 6. The molecule has 7 heteroatoms. The molecule has 2 heterocycles. The molecule has 0 spiro atoms. The number of aryl methyl sites for hydroxylation is 1. The molecule has 6 nitrogen and oxygen atoms in total. The minimum Gasteiger partial charge on any atom is -0.481 e. The van der Waals surface area contributed by atoms with Gasteiger partial charge in [-0.15, -0.1) is 0 Å². The van der Waals surface area contributed by atoms with Crippen LogP contribution < -0.4 is 5.32 Å². The Balaban J connectivity index is 1.64. The highest BCUT2D eigenvalue weighted by molar-refractivity contribution is 6.31. The average molecular weight is 489 g/mol. The molecular formula is C27H37ClN2O4. The highest BCUT2D eigenvalue weighted by Gasteiger charge is 2.46. The van der Waals surface area contributed by atoms with Crippen molar-refractivity contribution in [2.45, 2.75) is 77.8 Å². The van der Waals surface area contributed by atoms with Crippen molar-refractivity contribution < 1.29 is 19.4 Å². The number of nitrogens with zero attached hydrogens (tertiary/aromatic N) is 1. The molecule has 34 heavy (non-hydrogen) atoms. The van der Waals surface area contributed by atoms with Crippen LogP contribution >= 0.6 is 11.6 Å². The van der Waals surface area contributed by atoms with Crippen molar-refractivity contribution in [2.75, 3.05) is 13.2 Å². The zero-order valence-corrected chi connectivity index (χ0v) is 21.5. The van der Waals surface area contributed by atoms with E-state index < -0.39 is 11.5 Å². The summed E-state index contributed by atoms with van der Waals surface area (Å²) in [6, 6.07) is 5.94. The highest BCUT2D eigenvalue weighted by Crippen LogP contribution is 2.44. The molecular weight excluding hydrogens is 452 g/mol. The molecule has 1 atom stereocenters. The Morgan fingerprint density at radius 1 is 1.26 bits per heavy atom. The second-order valence-electron chi connectivity index (χ2n) is 11.5. The molecule has 186 valence electrons. The van der Waals surface area contributed by atoms with E-state index in [9.17, 15) is 14.7 Å². The van der Waals surface area contributed by atoms with Gasteiger partial charge in [-0.1, -0.05) is 44.5 Å². The predicted molar refractivity (Wildman–Crippen MR) is 133 cm³/mol. The lowest BCUT2D eigenvalue weighted by Crippen LogP contribution is -2.59. The largest absolute Gasteiger partial charge is 0.481 e. The lowest BCUT2D eigenvalue weighted by atomic mass is 9.73. The molecule has 2 aliphatic heterocycles. The summed E-state index contributed by atoms with van der Waals surface area (Å²) in [6.45, 7) is 10.1. The Morgan fingerprint density at radius 2 is 1.94 bits per heavy atom. The number of nitrogens with one attached hydrogen (secondary N) is 1. The quantitative estimate of drug-likeness (QED) is 0.535. The minimum atomic E-state index is -0.784. The number of urea groups is 1. The molecule has 2 amide bonds. The summed E-state index contributed by atoms with van der Waals surface area (Å²) in [6.07, 6.45) is 6.72. The number of aliphatic carboxylic acids is 1. The molecule has 0 radical (unpaired) electrons. The average Bonchev–Trinajstić information content (AvgIpc) is 2.73. The molecule has 2 N–H and O–H groups in total. The van der Waals surface area contributed by atoms with Gasteiger partial charge in [0.1, 0.15) is 0 Å². The van der Waals surface area contributed by atoms with Crippen LogP contribution in [0.5, 0.6) is 0 Å². The second kappa shape index (κ2) is 9.54. The van der Waals surface area contributed by atoms with Gasteiger partial charge in [0.25, 0.3) is 0 Å². The van der Waals surface area contributed by atoms with Gasteiger partial charge in [0.05, 0.1) is 11.5 Å². The molecule has 2 fully saturated rings. The zero-order valence-electron chi connectivity index (χ0n) is 20.7. The van der Waals surface area contributed by atoms with Crippen LogP contribution in [0, 0.1) is 17.3 Å². The highest BCUT2D eigenvalue weighted by atomic mass is 35.5. The van der Waals surface area contributed by atoms with Crippen molar-refractivity contribution in [3.63, 3.8) is 0 Å². The van der Waals surface area contributed by atoms with Crippen molar-refractivity contribution in [1.29, 1.82) is 0 Å². The summed E-state index contributed by atoms with van der Waals surface area (Å²) in [5.74, 6) is -0.879. The Hall–Kier alpha value is -2.05. The summed E-state index contributed by atoms with van der Waals surface area (Å²) >= 11 is 6.75. The fourth-order valence-corrected chi connectivity index (χ4v) is 5.58. The van der Waals surface area contributed by atoms with Crippen LogP contribution in [0.1, 0.15) is 70.9 Å². The van der Waals surface area contributed by atoms with Gasteiger partial charge in [-0.2, -0.15) is 0 Å². The number of benzene rings is 1. The number of carbonyl (C=O) groups is 2. The summed E-state index contributed by atoms with van der Waals surface area (Å²) in [5.41, 5.74) is 2.79. The Morgan fingerprint density at radius 3 is 2.53 bits per heavy atom. The Kier molecular flexibility index (Phi) is 7.03. The summed E-state index contributed by atoms with van der Waals surface area (Å²) < 4.78 is 5.61. The van der Waals surface area contributed by atoms with E-state index in [1.807, 2.05) is 12.3 Å². The minimum absolute atomic E-state index is 0.0798. The molecule has 1 saturated carbocycles. The van der Waals surface area contributed by atoms with Crippen LogP contribution in [-0.4, -0.2) is 41.3 Å². The van der Waals surface area contributed by atoms with Crippen molar-refractivity contribution in [2.24, 2.45) is 17.3 Å². The standard InChI is InChI=1S/C27H37ClN2O4/c1-26(2,3)10-7-18-5-6-20(15-23(18)28)27(4)22(17-8-11-34-12-9-17)16-30(25(33)29-27)21-13-19(14-21)24(31)32/h5-6,15-17,19,21H,7-14H2,1-4H3,(H,29,33)(H,31,32)/t19?,21?,27-/m0/s1. The first kappa shape index (κ1) is 25.1. The number of hydrogen-bond donors (Lipinski definition) is 2. The lowest BCUT2D eigenvalue weighted by Gasteiger charge is -2.48. The fraction of sp³-hybridized carbons (Fsp3) is 0.630. The summed E-state index contributed by atoms with van der Waals surface area (Å²) in [4.78, 5) is 26.3. The van der Waals surface area contributed by atoms with Crippen LogP contribution in [0.2, 0.25) is 5.02 Å². The van der Waals surface area contributed by atoms with E-state index >= 15 is 0 Å². The summed E-state index contributed by atoms with van der Waals surface area (Å²) in [5, 5.41) is 13.3. The number of halogens is 1. The first-order chi connectivity index (χ1) is 16.0. The number of hydrogen-bond acceptors (Lipinski definition) is 3. The molecule has 0 unspecified atom stereocenters. The molecule has 1 saturated heterocycles. The van der Waals surface area contributed by atoms with E-state index in [0.29, 0.717) is 26.1 Å². The zero-order chi connectivity index (χ0) is 24.7. The van der Waals surface area contributed by atoms with Gasteiger partial charge in [-0.3, -0.25) is 9.69 Å². The smallest absolute Gasteiger partial charge is 0.322 e. The molecule has 1 aromatic rings. The molecule has 0 aromatic heterocycles. The second-order valence-corrected chi connectivity index (χ2v) is 11.9. The molecule has 1 aliphatic carbocycles. The predicted octanol–water partition coefficient (Wildman–Crippen LogP) is 5.73. The third kappa shape index (κ3) is 5.13. The SMILES string of the molecule is CC(C)(C)CCc1ccc([C@]2(C)NC(=O)N(C3CC(C(=O)O)C3)C=C2C2CCOCC2)cc1Cl. The van der Waals surface area contributed by atoms with Crippen LogP contribution in [0.4, 0.5) is 4.79 Å². The third-order valence-electron chi connectivity index (χ3n) is 7.74. The van der Waals surface area contributed by atoms with Crippen LogP contribution in [-0.2, 0) is 21.5 Å². The number of carbonyl (C=O) groups excluding carboxylic acids is 1. The van der Waals surface area contributed by atoms with Crippen molar-refractivity contribution in [3.8, 4) is 0 Å². The van der Waals surface area contributed by atoms with Gasteiger partial charge in [-0.25, -0.2) is 4.79 Å². The molecule has 4 rings (SSSR count). The Labute approximate surface area is 207 Å². The fourth-order valence-electron chi connectivity index (χ4n) is 5.31. The number of amides is 2. The van der Waals surface area contributed by atoms with Gasteiger partial charge in [0.15, 0.2) is 0 Å². The van der Waals surface area contributed by atoms with Gasteiger partial charge < -0.3 is 15.2 Å². The van der Waals surface area contributed by atoms with Gasteiger partial charge >= 0.3 is 12.0 Å². The van der Waals surface area contributed by atoms with Crippen LogP contribution in [0.25, 0.3) is 0 Å². The van der Waals surface area contributed by atoms with Crippen molar-refractivity contribution in [3.05, 3.63) is 46.1 Å². The number of carboxylic acid groups (broad SMARTS) is 1. The topological polar surface area (TPSA) is 78.9 Å². The first-order valence-corrected chi connectivity index (χ1v) is 12.8.